The summed E-state index contributed by atoms with van der Waals surface area (Å²) in [5, 5.41) is 10.4. The maximum atomic E-state index is 10.4. The highest BCUT2D eigenvalue weighted by atomic mass is 16.7. The lowest BCUT2D eigenvalue weighted by molar-refractivity contribution is -0.178. The number of ether oxygens (including phenoxy) is 4. The summed E-state index contributed by atoms with van der Waals surface area (Å²) in [5.41, 5.74) is 1.05. The zero-order valence-electron chi connectivity index (χ0n) is 17.2. The molecule has 3 heterocycles. The van der Waals surface area contributed by atoms with E-state index in [9.17, 15) is 5.11 Å². The van der Waals surface area contributed by atoms with Crippen LogP contribution in [-0.4, -0.2) is 59.8 Å². The van der Waals surface area contributed by atoms with Crippen LogP contribution in [0, 0.1) is 0 Å². The number of aliphatic hydroxyl groups excluding tert-OH is 1. The average molecular weight is 422 g/mol. The van der Waals surface area contributed by atoms with Crippen molar-refractivity contribution < 1.29 is 24.1 Å². The van der Waals surface area contributed by atoms with Crippen molar-refractivity contribution in [3.8, 4) is 0 Å². The largest absolute Gasteiger partial charge is 0.454 e. The highest BCUT2D eigenvalue weighted by molar-refractivity contribution is 5.78. The quantitative estimate of drug-likeness (QED) is 0.705. The van der Waals surface area contributed by atoms with E-state index in [1.54, 1.807) is 0 Å². The van der Waals surface area contributed by atoms with Crippen LogP contribution < -0.4 is 0 Å². The van der Waals surface area contributed by atoms with Crippen molar-refractivity contribution in [2.24, 2.45) is 4.99 Å². The monoisotopic (exact) mass is 422 g/mol. The summed E-state index contributed by atoms with van der Waals surface area (Å²) >= 11 is 0. The molecule has 3 aliphatic heterocycles. The molecule has 0 bridgehead atoms. The fraction of sp³-hybridized carbons (Fsp3) is 0.375. The number of aliphatic hydroxyl groups is 1. The third-order valence-corrected chi connectivity index (χ3v) is 5.79. The van der Waals surface area contributed by atoms with Crippen LogP contribution in [0.4, 0.5) is 0 Å². The van der Waals surface area contributed by atoms with Crippen molar-refractivity contribution in [2.75, 3.05) is 19.8 Å². The van der Waals surface area contributed by atoms with Gasteiger partial charge in [0.05, 0.1) is 33.0 Å². The Morgan fingerprint density at radius 3 is 2.45 bits per heavy atom. The zero-order valence-corrected chi connectivity index (χ0v) is 17.2. The second-order valence-corrected chi connectivity index (χ2v) is 7.92. The third-order valence-electron chi connectivity index (χ3n) is 5.79. The molecule has 7 nitrogen and oxygen atoms in total. The lowest BCUT2D eigenvalue weighted by atomic mass is 9.96. The molecule has 0 saturated carbocycles. The Labute approximate surface area is 181 Å². The Morgan fingerprint density at radius 1 is 1.03 bits per heavy atom. The number of fused-ring (bicyclic) bond motifs is 3. The van der Waals surface area contributed by atoms with Crippen LogP contribution in [0.1, 0.15) is 11.1 Å². The number of aliphatic imine (C=N–C) groups is 1. The van der Waals surface area contributed by atoms with Gasteiger partial charge in [-0.25, -0.2) is 4.99 Å². The topological polar surface area (TPSA) is 72.8 Å². The van der Waals surface area contributed by atoms with Crippen LogP contribution in [0.5, 0.6) is 0 Å². The number of nitrogens with zero attached hydrogens (tertiary/aromatic N) is 2. The summed E-state index contributed by atoms with van der Waals surface area (Å²) < 4.78 is 24.8. The molecule has 0 aliphatic carbocycles. The molecule has 5 rings (SSSR count). The van der Waals surface area contributed by atoms with E-state index in [1.165, 1.54) is 0 Å². The Morgan fingerprint density at radius 2 is 1.74 bits per heavy atom. The van der Waals surface area contributed by atoms with E-state index >= 15 is 0 Å². The van der Waals surface area contributed by atoms with Crippen molar-refractivity contribution in [1.82, 2.24) is 4.90 Å². The maximum Gasteiger partial charge on any atom is 0.294 e. The van der Waals surface area contributed by atoms with E-state index in [0.717, 1.165) is 11.1 Å². The SMILES string of the molecule is OC[C@]1(COCc2ccccc2)O[C@@H]2[C@@H](OC3=NCC=CN32)[C@@H]1OCc1ccccc1. The maximum absolute atomic E-state index is 10.4. The van der Waals surface area contributed by atoms with Gasteiger partial charge in [0, 0.05) is 6.20 Å². The lowest BCUT2D eigenvalue weighted by Crippen LogP contribution is -2.52. The summed E-state index contributed by atoms with van der Waals surface area (Å²) in [7, 11) is 0. The van der Waals surface area contributed by atoms with Crippen molar-refractivity contribution in [3.63, 3.8) is 0 Å². The first kappa shape index (κ1) is 20.2. The predicted molar refractivity (Wildman–Crippen MR) is 114 cm³/mol. The Hall–Kier alpha value is -2.71. The van der Waals surface area contributed by atoms with Gasteiger partial charge in [0.2, 0.25) is 0 Å². The van der Waals surface area contributed by atoms with Crippen LogP contribution in [0.3, 0.4) is 0 Å². The number of rotatable bonds is 8. The Bertz CT molecular complexity index is 936. The predicted octanol–water partition coefficient (Wildman–Crippen LogP) is 2.46. The van der Waals surface area contributed by atoms with Crippen LogP contribution in [0.25, 0.3) is 0 Å². The van der Waals surface area contributed by atoms with Gasteiger partial charge in [0.1, 0.15) is 11.7 Å². The van der Waals surface area contributed by atoms with Gasteiger partial charge < -0.3 is 24.1 Å². The molecule has 2 aromatic rings. The van der Waals surface area contributed by atoms with Crippen LogP contribution in [0.2, 0.25) is 0 Å². The number of hydrogen-bond donors (Lipinski definition) is 1. The van der Waals surface area contributed by atoms with E-state index in [4.69, 9.17) is 18.9 Å². The fourth-order valence-corrected chi connectivity index (χ4v) is 4.22. The van der Waals surface area contributed by atoms with Crippen LogP contribution >= 0.6 is 0 Å². The van der Waals surface area contributed by atoms with E-state index in [1.807, 2.05) is 77.8 Å². The molecule has 162 valence electrons. The fourth-order valence-electron chi connectivity index (χ4n) is 4.22. The minimum Gasteiger partial charge on any atom is -0.454 e. The van der Waals surface area contributed by atoms with Gasteiger partial charge in [-0.2, -0.15) is 0 Å². The molecule has 7 heteroatoms. The van der Waals surface area contributed by atoms with E-state index in [2.05, 4.69) is 4.99 Å². The average Bonchev–Trinajstić information content (AvgIpc) is 3.32. The molecule has 0 aromatic heterocycles. The molecule has 4 atom stereocenters. The molecular weight excluding hydrogens is 396 g/mol. The molecule has 0 unspecified atom stereocenters. The molecule has 0 amide bonds. The Kier molecular flexibility index (Phi) is 5.74. The Balaban J connectivity index is 1.35. The molecule has 31 heavy (non-hydrogen) atoms. The first-order valence-corrected chi connectivity index (χ1v) is 10.5. The summed E-state index contributed by atoms with van der Waals surface area (Å²) in [6.45, 7) is 1.31. The highest BCUT2D eigenvalue weighted by Crippen LogP contribution is 2.42. The summed E-state index contributed by atoms with van der Waals surface area (Å²) in [5.74, 6) is 0. The number of amidine groups is 1. The summed E-state index contributed by atoms with van der Waals surface area (Å²) in [6.07, 6.45) is 2.49. The third kappa shape index (κ3) is 3.97. The van der Waals surface area contributed by atoms with Crippen molar-refractivity contribution in [3.05, 3.63) is 84.1 Å². The van der Waals surface area contributed by atoms with E-state index in [0.29, 0.717) is 25.8 Å². The van der Waals surface area contributed by atoms with Crippen LogP contribution in [0.15, 0.2) is 77.9 Å². The molecule has 2 fully saturated rings. The van der Waals surface area contributed by atoms with Gasteiger partial charge in [0.15, 0.2) is 12.3 Å². The molecule has 0 spiro atoms. The van der Waals surface area contributed by atoms with Crippen molar-refractivity contribution in [2.45, 2.75) is 37.3 Å². The minimum absolute atomic E-state index is 0.179. The van der Waals surface area contributed by atoms with E-state index in [-0.39, 0.29) is 13.2 Å². The second-order valence-electron chi connectivity index (χ2n) is 7.92. The molecule has 2 saturated heterocycles. The van der Waals surface area contributed by atoms with Crippen molar-refractivity contribution in [1.29, 1.82) is 0 Å². The summed E-state index contributed by atoms with van der Waals surface area (Å²) in [6, 6.07) is 20.4. The van der Waals surface area contributed by atoms with Gasteiger partial charge in [-0.15, -0.1) is 0 Å². The molecule has 2 aromatic carbocycles. The second kappa shape index (κ2) is 8.80. The first-order chi connectivity index (χ1) is 15.3. The molecule has 0 radical (unpaired) electrons. The molecular formula is C24H26N2O5. The minimum atomic E-state index is -1.05. The van der Waals surface area contributed by atoms with E-state index < -0.39 is 24.0 Å². The van der Waals surface area contributed by atoms with Gasteiger partial charge in [-0.3, -0.25) is 4.90 Å². The smallest absolute Gasteiger partial charge is 0.294 e. The zero-order chi connectivity index (χ0) is 21.1. The van der Waals surface area contributed by atoms with Gasteiger partial charge in [-0.05, 0) is 17.2 Å². The van der Waals surface area contributed by atoms with Crippen molar-refractivity contribution >= 4 is 6.02 Å². The standard InChI is InChI=1S/C24H26N2O5/c27-16-24(17-28-14-18-8-3-1-4-9-18)21(29-15-19-10-5-2-6-11-19)20-22(31-24)26-13-7-12-25-23(26)30-20/h1-11,13,20-22,27H,12,14-17H2/t20-,21-,22+,24+/m0/s1. The normalized spacial score (nSPS) is 28.7. The van der Waals surface area contributed by atoms with Crippen LogP contribution in [-0.2, 0) is 32.2 Å². The molecule has 1 N–H and O–H groups in total. The van der Waals surface area contributed by atoms with Gasteiger partial charge >= 0.3 is 0 Å². The lowest BCUT2D eigenvalue weighted by Gasteiger charge is -2.34. The molecule has 3 aliphatic rings. The highest BCUT2D eigenvalue weighted by Gasteiger charge is 2.63. The number of hydrogen-bond acceptors (Lipinski definition) is 7. The van der Waals surface area contributed by atoms with Gasteiger partial charge in [0.25, 0.3) is 6.02 Å². The summed E-state index contributed by atoms with van der Waals surface area (Å²) in [4.78, 5) is 6.27. The first-order valence-electron chi connectivity index (χ1n) is 10.5. The number of benzene rings is 2. The van der Waals surface area contributed by atoms with Gasteiger partial charge in [-0.1, -0.05) is 60.7 Å².